The number of unbranched alkanes of at least 4 members (excludes halogenated alkanes) is 1. The van der Waals surface area contributed by atoms with Crippen LogP contribution in [0.4, 0.5) is 17.6 Å². The molecule has 2 rings (SSSR count). The quantitative estimate of drug-likeness (QED) is 0.400. The second kappa shape index (κ2) is 10.1. The molecule has 0 heterocycles. The molecule has 0 fully saturated rings. The van der Waals surface area contributed by atoms with E-state index in [2.05, 4.69) is 35.5 Å². The van der Waals surface area contributed by atoms with Crippen LogP contribution in [-0.4, -0.2) is 6.61 Å². The Bertz CT molecular complexity index is 1050. The van der Waals surface area contributed by atoms with Gasteiger partial charge in [-0.15, -0.1) is 0 Å². The van der Waals surface area contributed by atoms with Gasteiger partial charge < -0.3 is 4.74 Å². The molecule has 0 aliphatic heterocycles. The van der Waals surface area contributed by atoms with Gasteiger partial charge in [-0.2, -0.15) is 4.39 Å². The highest BCUT2D eigenvalue weighted by Crippen LogP contribution is 2.23. The van der Waals surface area contributed by atoms with E-state index in [-0.39, 0.29) is 29.0 Å². The first-order valence-corrected chi connectivity index (χ1v) is 8.53. The van der Waals surface area contributed by atoms with Crippen molar-refractivity contribution in [3.63, 3.8) is 0 Å². The van der Waals surface area contributed by atoms with Gasteiger partial charge in [0.1, 0.15) is 0 Å². The summed E-state index contributed by atoms with van der Waals surface area (Å²) in [7, 11) is 0. The lowest BCUT2D eigenvalue weighted by Crippen LogP contribution is -2.01. The molecule has 0 aliphatic rings. The maximum atomic E-state index is 14.1. The predicted molar refractivity (Wildman–Crippen MR) is 99.4 cm³/mol. The molecule has 2 aromatic rings. The van der Waals surface area contributed by atoms with Gasteiger partial charge in [-0.25, -0.2) is 13.2 Å². The third-order valence-corrected chi connectivity index (χ3v) is 3.60. The van der Waals surface area contributed by atoms with Crippen molar-refractivity contribution in [1.29, 1.82) is 0 Å². The Hall–Kier alpha value is -3.36. The first-order valence-electron chi connectivity index (χ1n) is 8.53. The van der Waals surface area contributed by atoms with Crippen molar-refractivity contribution in [3.8, 4) is 41.3 Å². The second-order valence-corrected chi connectivity index (χ2v) is 5.60. The minimum Gasteiger partial charge on any atom is -0.490 e. The lowest BCUT2D eigenvalue weighted by atomic mass is 10.1. The maximum Gasteiger partial charge on any atom is 0.201 e. The summed E-state index contributed by atoms with van der Waals surface area (Å²) in [6.07, 6.45) is 1.56. The summed E-state index contributed by atoms with van der Waals surface area (Å²) in [6.45, 7) is 3.77. The Morgan fingerprint density at radius 3 is 1.86 bits per heavy atom. The smallest absolute Gasteiger partial charge is 0.201 e. The molecule has 0 spiro atoms. The SMILES string of the molecule is CC#CC#Cc1ccc(C#Cc2ccc(OCCCC)c(F)c2F)c(F)c1F. The summed E-state index contributed by atoms with van der Waals surface area (Å²) < 4.78 is 61.5. The summed E-state index contributed by atoms with van der Waals surface area (Å²) in [4.78, 5) is 0. The van der Waals surface area contributed by atoms with E-state index >= 15 is 0 Å². The van der Waals surface area contributed by atoms with Crippen LogP contribution in [0.1, 0.15) is 43.4 Å². The summed E-state index contributed by atoms with van der Waals surface area (Å²) in [5, 5.41) is 0. The van der Waals surface area contributed by atoms with E-state index in [0.717, 1.165) is 6.42 Å². The van der Waals surface area contributed by atoms with E-state index in [1.165, 1.54) is 24.3 Å². The molecule has 2 aromatic carbocycles. The largest absolute Gasteiger partial charge is 0.490 e. The first-order chi connectivity index (χ1) is 13.5. The molecule has 1 nitrogen and oxygen atoms in total. The van der Waals surface area contributed by atoms with Gasteiger partial charge in [0.15, 0.2) is 23.2 Å². The zero-order valence-corrected chi connectivity index (χ0v) is 15.4. The van der Waals surface area contributed by atoms with Crippen LogP contribution in [-0.2, 0) is 0 Å². The van der Waals surface area contributed by atoms with Gasteiger partial charge in [-0.3, -0.25) is 0 Å². The number of hydrogen-bond acceptors (Lipinski definition) is 1. The average molecular weight is 384 g/mol. The minimum atomic E-state index is -1.22. The van der Waals surface area contributed by atoms with Crippen molar-refractivity contribution >= 4 is 0 Å². The molecule has 142 valence electrons. The molecule has 0 atom stereocenters. The molecule has 5 heteroatoms. The van der Waals surface area contributed by atoms with Gasteiger partial charge in [0.05, 0.1) is 23.3 Å². The standard InChI is InChI=1S/C23H16F4O/c1-3-5-7-8-16-9-10-17(21(25)20(16)24)11-12-18-13-14-19(23(27)22(18)26)28-15-6-4-2/h9-10,13-14H,4,6,15H2,1-2H3. The third-order valence-electron chi connectivity index (χ3n) is 3.60. The normalized spacial score (nSPS) is 9.36. The fourth-order valence-corrected chi connectivity index (χ4v) is 2.10. The Kier molecular flexibility index (Phi) is 7.55. The van der Waals surface area contributed by atoms with Crippen LogP contribution in [0.5, 0.6) is 5.75 Å². The molecule has 0 N–H and O–H groups in total. The summed E-state index contributed by atoms with van der Waals surface area (Å²) >= 11 is 0. The zero-order valence-electron chi connectivity index (χ0n) is 15.4. The molecule has 0 unspecified atom stereocenters. The topological polar surface area (TPSA) is 9.23 Å². The molecule has 0 radical (unpaired) electrons. The molecule has 0 amide bonds. The molecule has 0 aliphatic carbocycles. The van der Waals surface area contributed by atoms with E-state index in [1.807, 2.05) is 6.92 Å². The second-order valence-electron chi connectivity index (χ2n) is 5.60. The summed E-state index contributed by atoms with van der Waals surface area (Å²) in [6, 6.07) is 4.94. The number of halogens is 4. The monoisotopic (exact) mass is 384 g/mol. The molecular formula is C23H16F4O. The fraction of sp³-hybridized carbons (Fsp3) is 0.217. The van der Waals surface area contributed by atoms with Crippen molar-refractivity contribution < 1.29 is 22.3 Å². The van der Waals surface area contributed by atoms with Crippen LogP contribution >= 0.6 is 0 Å². The van der Waals surface area contributed by atoms with Gasteiger partial charge in [0, 0.05) is 0 Å². The van der Waals surface area contributed by atoms with Crippen LogP contribution in [0.25, 0.3) is 0 Å². The Morgan fingerprint density at radius 2 is 1.29 bits per heavy atom. The Balaban J connectivity index is 2.30. The van der Waals surface area contributed by atoms with Crippen LogP contribution in [0.15, 0.2) is 24.3 Å². The number of benzene rings is 2. The third kappa shape index (κ3) is 5.09. The maximum absolute atomic E-state index is 14.1. The van der Waals surface area contributed by atoms with Crippen LogP contribution in [0.2, 0.25) is 0 Å². The summed E-state index contributed by atoms with van der Waals surface area (Å²) in [5.41, 5.74) is -0.758. The van der Waals surface area contributed by atoms with Crippen LogP contribution < -0.4 is 4.74 Å². The summed E-state index contributed by atoms with van der Waals surface area (Å²) in [5.74, 6) is 9.35. The first kappa shape index (κ1) is 20.9. The highest BCUT2D eigenvalue weighted by Gasteiger charge is 2.14. The van der Waals surface area contributed by atoms with E-state index in [9.17, 15) is 17.6 Å². The van der Waals surface area contributed by atoms with Gasteiger partial charge in [0.25, 0.3) is 0 Å². The predicted octanol–water partition coefficient (Wildman–Crippen LogP) is 5.20. The van der Waals surface area contributed by atoms with Gasteiger partial charge >= 0.3 is 0 Å². The van der Waals surface area contributed by atoms with Crippen molar-refractivity contribution in [2.24, 2.45) is 0 Å². The Labute approximate surface area is 161 Å². The molecule has 0 saturated carbocycles. The molecule has 0 bridgehead atoms. The van der Waals surface area contributed by atoms with E-state index in [0.29, 0.717) is 6.42 Å². The molecule has 28 heavy (non-hydrogen) atoms. The van der Waals surface area contributed by atoms with Crippen molar-refractivity contribution in [1.82, 2.24) is 0 Å². The number of rotatable bonds is 4. The van der Waals surface area contributed by atoms with Crippen molar-refractivity contribution in [2.75, 3.05) is 6.61 Å². The van der Waals surface area contributed by atoms with Crippen LogP contribution in [0, 0.1) is 58.8 Å². The Morgan fingerprint density at radius 1 is 0.750 bits per heavy atom. The highest BCUT2D eigenvalue weighted by molar-refractivity contribution is 5.49. The van der Waals surface area contributed by atoms with Crippen LogP contribution in [0.3, 0.4) is 0 Å². The van der Waals surface area contributed by atoms with Gasteiger partial charge in [-0.05, 0) is 55.4 Å². The highest BCUT2D eigenvalue weighted by atomic mass is 19.2. The molecular weight excluding hydrogens is 368 g/mol. The lowest BCUT2D eigenvalue weighted by molar-refractivity contribution is 0.288. The van der Waals surface area contributed by atoms with Gasteiger partial charge in [0.2, 0.25) is 5.82 Å². The van der Waals surface area contributed by atoms with Crippen molar-refractivity contribution in [3.05, 3.63) is 64.2 Å². The average Bonchev–Trinajstić information content (AvgIpc) is 2.69. The number of hydrogen-bond donors (Lipinski definition) is 0. The van der Waals surface area contributed by atoms with Gasteiger partial charge in [-0.1, -0.05) is 31.1 Å². The number of ether oxygens (including phenoxy) is 1. The van der Waals surface area contributed by atoms with Crippen molar-refractivity contribution in [2.45, 2.75) is 26.7 Å². The minimum absolute atomic E-state index is 0.170. The zero-order chi connectivity index (χ0) is 20.5. The van der Waals surface area contributed by atoms with E-state index < -0.39 is 23.3 Å². The van der Waals surface area contributed by atoms with E-state index in [1.54, 1.807) is 6.92 Å². The lowest BCUT2D eigenvalue weighted by Gasteiger charge is -2.07. The molecule has 0 saturated heterocycles. The van der Waals surface area contributed by atoms with E-state index in [4.69, 9.17) is 4.74 Å². The molecule has 0 aromatic heterocycles. The fourth-order valence-electron chi connectivity index (χ4n) is 2.10.